The number of H-pyrrole nitrogens is 1. The number of nitrogens with one attached hydrogen (secondary N) is 2. The standard InChI is InChI=1S/C16H17N3O3S3/c1-9(17-10-4-6-25(21,22)8-10)14-18-15(20)13-11(7-24-16(13)19-14)12-3-2-5-23-12/h2-3,5,7,9-10,17H,4,6,8H2,1H3,(H,18,19,20)/t9-,10+/m1/s1. The van der Waals surface area contributed by atoms with E-state index >= 15 is 0 Å². The predicted octanol–water partition coefficient (Wildman–Crippen LogP) is 2.55. The highest BCUT2D eigenvalue weighted by molar-refractivity contribution is 7.91. The third-order valence-electron chi connectivity index (χ3n) is 4.38. The summed E-state index contributed by atoms with van der Waals surface area (Å²) in [6.45, 7) is 1.89. The summed E-state index contributed by atoms with van der Waals surface area (Å²) in [4.78, 5) is 21.8. The molecule has 0 aromatic carbocycles. The molecule has 0 amide bonds. The van der Waals surface area contributed by atoms with Crippen molar-refractivity contribution in [1.82, 2.24) is 15.3 Å². The number of nitrogens with zero attached hydrogens (tertiary/aromatic N) is 1. The Balaban J connectivity index is 1.64. The van der Waals surface area contributed by atoms with Crippen molar-refractivity contribution in [1.29, 1.82) is 0 Å². The zero-order chi connectivity index (χ0) is 17.6. The lowest BCUT2D eigenvalue weighted by molar-refractivity contribution is 0.469. The quantitative estimate of drug-likeness (QED) is 0.708. The van der Waals surface area contributed by atoms with Gasteiger partial charge in [0.25, 0.3) is 5.56 Å². The molecule has 0 bridgehead atoms. The van der Waals surface area contributed by atoms with Crippen molar-refractivity contribution in [3.05, 3.63) is 39.1 Å². The highest BCUT2D eigenvalue weighted by Crippen LogP contribution is 2.33. The summed E-state index contributed by atoms with van der Waals surface area (Å²) in [5.41, 5.74) is 0.759. The highest BCUT2D eigenvalue weighted by atomic mass is 32.2. The molecule has 1 saturated heterocycles. The van der Waals surface area contributed by atoms with Gasteiger partial charge < -0.3 is 10.3 Å². The summed E-state index contributed by atoms with van der Waals surface area (Å²) < 4.78 is 23.2. The number of aromatic nitrogens is 2. The predicted molar refractivity (Wildman–Crippen MR) is 102 cm³/mol. The van der Waals surface area contributed by atoms with Gasteiger partial charge in [-0.05, 0) is 24.8 Å². The zero-order valence-electron chi connectivity index (χ0n) is 13.5. The lowest BCUT2D eigenvalue weighted by Gasteiger charge is -2.17. The number of sulfone groups is 1. The number of aromatic amines is 1. The van der Waals surface area contributed by atoms with Gasteiger partial charge in [-0.1, -0.05) is 6.07 Å². The average Bonchev–Trinajstić information content (AvgIpc) is 3.26. The summed E-state index contributed by atoms with van der Waals surface area (Å²) in [5.74, 6) is 0.905. The molecule has 1 aliphatic rings. The molecule has 25 heavy (non-hydrogen) atoms. The molecule has 2 atom stereocenters. The molecule has 1 aliphatic heterocycles. The Bertz CT molecular complexity index is 1070. The maximum absolute atomic E-state index is 12.6. The fraction of sp³-hybridized carbons (Fsp3) is 0.375. The van der Waals surface area contributed by atoms with Crippen LogP contribution in [-0.4, -0.2) is 35.9 Å². The van der Waals surface area contributed by atoms with Crippen molar-refractivity contribution >= 4 is 42.7 Å². The van der Waals surface area contributed by atoms with Crippen LogP contribution in [0.5, 0.6) is 0 Å². The van der Waals surface area contributed by atoms with Crippen LogP contribution in [0, 0.1) is 0 Å². The second-order valence-corrected chi connectivity index (χ2v) is 10.3. The molecule has 1 fully saturated rings. The lowest BCUT2D eigenvalue weighted by atomic mass is 10.2. The fourth-order valence-corrected chi connectivity index (χ4v) is 6.60. The van der Waals surface area contributed by atoms with Crippen LogP contribution in [0.4, 0.5) is 0 Å². The molecule has 9 heteroatoms. The summed E-state index contributed by atoms with van der Waals surface area (Å²) in [6.07, 6.45) is 0.598. The van der Waals surface area contributed by atoms with Gasteiger partial charge in [-0.3, -0.25) is 4.79 Å². The molecule has 6 nitrogen and oxygen atoms in total. The van der Waals surface area contributed by atoms with E-state index in [4.69, 9.17) is 0 Å². The van der Waals surface area contributed by atoms with Crippen molar-refractivity contribution in [2.75, 3.05) is 11.5 Å². The van der Waals surface area contributed by atoms with E-state index in [9.17, 15) is 13.2 Å². The third kappa shape index (κ3) is 3.29. The summed E-state index contributed by atoms with van der Waals surface area (Å²) in [6, 6.07) is 3.64. The number of thiophene rings is 2. The van der Waals surface area contributed by atoms with E-state index in [1.807, 2.05) is 29.8 Å². The Morgan fingerprint density at radius 2 is 2.24 bits per heavy atom. The normalized spacial score (nSPS) is 20.9. The Kier molecular flexibility index (Phi) is 4.27. The minimum absolute atomic E-state index is 0.0917. The number of rotatable bonds is 4. The first-order valence-electron chi connectivity index (χ1n) is 7.95. The second-order valence-electron chi connectivity index (χ2n) is 6.25. The van der Waals surface area contributed by atoms with E-state index < -0.39 is 9.84 Å². The van der Waals surface area contributed by atoms with E-state index in [1.54, 1.807) is 11.3 Å². The van der Waals surface area contributed by atoms with Gasteiger partial charge in [0.05, 0.1) is 22.9 Å². The maximum Gasteiger partial charge on any atom is 0.260 e. The Hall–Kier alpha value is -1.55. The molecule has 0 unspecified atom stereocenters. The van der Waals surface area contributed by atoms with Crippen LogP contribution in [-0.2, 0) is 9.84 Å². The molecule has 0 aliphatic carbocycles. The van der Waals surface area contributed by atoms with E-state index in [0.29, 0.717) is 22.5 Å². The maximum atomic E-state index is 12.6. The number of fused-ring (bicyclic) bond motifs is 1. The topological polar surface area (TPSA) is 91.9 Å². The molecule has 4 rings (SSSR count). The molecule has 4 heterocycles. The summed E-state index contributed by atoms with van der Waals surface area (Å²) in [7, 11) is -2.94. The minimum Gasteiger partial charge on any atom is -0.309 e. The first kappa shape index (κ1) is 16.9. The summed E-state index contributed by atoms with van der Waals surface area (Å²) >= 11 is 3.04. The van der Waals surface area contributed by atoms with E-state index in [2.05, 4.69) is 15.3 Å². The van der Waals surface area contributed by atoms with Crippen LogP contribution in [0.1, 0.15) is 25.2 Å². The van der Waals surface area contributed by atoms with Gasteiger partial charge in [0.2, 0.25) is 0 Å². The van der Waals surface area contributed by atoms with Crippen molar-refractivity contribution in [2.45, 2.75) is 25.4 Å². The zero-order valence-corrected chi connectivity index (χ0v) is 15.9. The molecule has 2 N–H and O–H groups in total. The molecule has 0 spiro atoms. The number of hydrogen-bond donors (Lipinski definition) is 2. The van der Waals surface area contributed by atoms with Crippen LogP contribution in [0.3, 0.4) is 0 Å². The van der Waals surface area contributed by atoms with E-state index in [-0.39, 0.29) is 29.1 Å². The van der Waals surface area contributed by atoms with Gasteiger partial charge in [0.1, 0.15) is 10.7 Å². The SMILES string of the molecule is C[C@@H](N[C@H]1CCS(=O)(=O)C1)c1nc2scc(-c3cccs3)c2c(=O)[nH]1. The Labute approximate surface area is 152 Å². The van der Waals surface area contributed by atoms with Gasteiger partial charge >= 0.3 is 0 Å². The van der Waals surface area contributed by atoms with E-state index in [1.165, 1.54) is 11.3 Å². The monoisotopic (exact) mass is 395 g/mol. The van der Waals surface area contributed by atoms with E-state index in [0.717, 1.165) is 10.4 Å². The fourth-order valence-electron chi connectivity index (χ4n) is 3.14. The van der Waals surface area contributed by atoms with Crippen molar-refractivity contribution in [3.63, 3.8) is 0 Å². The largest absolute Gasteiger partial charge is 0.309 e. The van der Waals surface area contributed by atoms with Crippen LogP contribution in [0.15, 0.2) is 27.7 Å². The summed E-state index contributed by atoms with van der Waals surface area (Å²) in [5, 5.41) is 7.83. The van der Waals surface area contributed by atoms with Gasteiger partial charge in [0, 0.05) is 21.9 Å². The number of hydrogen-bond acceptors (Lipinski definition) is 7. The molecule has 0 radical (unpaired) electrons. The van der Waals surface area contributed by atoms with Gasteiger partial charge in [-0.15, -0.1) is 22.7 Å². The van der Waals surface area contributed by atoms with Crippen LogP contribution in [0.25, 0.3) is 20.7 Å². The van der Waals surface area contributed by atoms with Gasteiger partial charge in [0.15, 0.2) is 9.84 Å². The molecular weight excluding hydrogens is 378 g/mol. The third-order valence-corrected chi connectivity index (χ3v) is 7.92. The minimum atomic E-state index is -2.94. The van der Waals surface area contributed by atoms with Crippen LogP contribution < -0.4 is 10.9 Å². The van der Waals surface area contributed by atoms with Crippen molar-refractivity contribution in [3.8, 4) is 10.4 Å². The lowest BCUT2D eigenvalue weighted by Crippen LogP contribution is -2.34. The Morgan fingerprint density at radius 3 is 2.92 bits per heavy atom. The average molecular weight is 396 g/mol. The smallest absolute Gasteiger partial charge is 0.260 e. The first-order valence-corrected chi connectivity index (χ1v) is 11.5. The van der Waals surface area contributed by atoms with Crippen LogP contribution in [0.2, 0.25) is 0 Å². The molecule has 3 aromatic heterocycles. The molecular formula is C16H17N3O3S3. The first-order chi connectivity index (χ1) is 11.9. The molecule has 132 valence electrons. The molecule has 3 aromatic rings. The van der Waals surface area contributed by atoms with Crippen molar-refractivity contribution < 1.29 is 8.42 Å². The Morgan fingerprint density at radius 1 is 1.40 bits per heavy atom. The van der Waals surface area contributed by atoms with Crippen LogP contribution >= 0.6 is 22.7 Å². The van der Waals surface area contributed by atoms with Crippen molar-refractivity contribution in [2.24, 2.45) is 0 Å². The highest BCUT2D eigenvalue weighted by Gasteiger charge is 2.29. The van der Waals surface area contributed by atoms with Gasteiger partial charge in [-0.25, -0.2) is 13.4 Å². The van der Waals surface area contributed by atoms with Gasteiger partial charge in [-0.2, -0.15) is 0 Å². The molecule has 0 saturated carbocycles. The second kappa shape index (κ2) is 6.31.